The minimum absolute atomic E-state index is 0.0814. The van der Waals surface area contributed by atoms with Gasteiger partial charge in [0.25, 0.3) is 0 Å². The van der Waals surface area contributed by atoms with Crippen LogP contribution < -0.4 is 5.32 Å². The summed E-state index contributed by atoms with van der Waals surface area (Å²) in [6.07, 6.45) is 0. The molecular formula is C16H17N5O2S. The number of anilines is 1. The van der Waals surface area contributed by atoms with Gasteiger partial charge in [-0.25, -0.2) is 4.68 Å². The molecule has 2 N–H and O–H groups in total. The highest BCUT2D eigenvalue weighted by molar-refractivity contribution is 7.99. The number of hydrogen-bond donors (Lipinski definition) is 2. The predicted molar refractivity (Wildman–Crippen MR) is 92.0 cm³/mol. The van der Waals surface area contributed by atoms with Crippen LogP contribution in [0.2, 0.25) is 0 Å². The van der Waals surface area contributed by atoms with Gasteiger partial charge in [0, 0.05) is 34.3 Å². The van der Waals surface area contributed by atoms with Gasteiger partial charge in [-0.05, 0) is 40.4 Å². The Kier molecular flexibility index (Phi) is 4.39. The number of benzene rings is 2. The fraction of sp³-hybridized carbons (Fsp3) is 0.250. The summed E-state index contributed by atoms with van der Waals surface area (Å²) in [5.74, 6) is -0.0650. The highest BCUT2D eigenvalue weighted by Gasteiger charge is 2.16. The summed E-state index contributed by atoms with van der Waals surface area (Å²) in [6, 6.07) is 8.86. The van der Waals surface area contributed by atoms with E-state index in [2.05, 4.69) is 20.8 Å². The van der Waals surface area contributed by atoms with Gasteiger partial charge in [0.2, 0.25) is 11.1 Å². The molecule has 0 unspecified atom stereocenters. The fourth-order valence-corrected chi connectivity index (χ4v) is 3.13. The molecule has 0 aliphatic carbocycles. The topological polar surface area (TPSA) is 92.9 Å². The fourth-order valence-electron chi connectivity index (χ4n) is 2.23. The number of rotatable bonds is 4. The van der Waals surface area contributed by atoms with E-state index in [1.807, 2.05) is 26.0 Å². The lowest BCUT2D eigenvalue weighted by Crippen LogP contribution is -2.17. The van der Waals surface area contributed by atoms with Crippen LogP contribution in [0.3, 0.4) is 0 Å². The zero-order chi connectivity index (χ0) is 17.3. The number of hydrogen-bond acceptors (Lipinski definition) is 6. The molecule has 7 nitrogen and oxygen atoms in total. The molecule has 3 aromatic rings. The molecule has 0 radical (unpaired) electrons. The molecule has 1 heterocycles. The van der Waals surface area contributed by atoms with Crippen molar-refractivity contribution in [1.82, 2.24) is 20.2 Å². The van der Waals surface area contributed by atoms with E-state index < -0.39 is 0 Å². The van der Waals surface area contributed by atoms with Crippen molar-refractivity contribution in [2.45, 2.75) is 23.9 Å². The summed E-state index contributed by atoms with van der Waals surface area (Å²) in [5, 5.41) is 26.6. The van der Waals surface area contributed by atoms with Crippen LogP contribution >= 0.6 is 11.8 Å². The number of nitrogens with one attached hydrogen (secondary N) is 1. The van der Waals surface area contributed by atoms with Crippen LogP contribution in [0.25, 0.3) is 10.8 Å². The molecule has 1 aromatic heterocycles. The van der Waals surface area contributed by atoms with Crippen molar-refractivity contribution < 1.29 is 9.90 Å². The van der Waals surface area contributed by atoms with Crippen LogP contribution in [0.4, 0.5) is 5.69 Å². The quantitative estimate of drug-likeness (QED) is 0.757. The van der Waals surface area contributed by atoms with Crippen molar-refractivity contribution >= 4 is 34.1 Å². The average Bonchev–Trinajstić information content (AvgIpc) is 2.95. The number of tetrazole rings is 1. The van der Waals surface area contributed by atoms with Crippen LogP contribution in [0.15, 0.2) is 40.4 Å². The molecule has 2 aromatic carbocycles. The molecule has 24 heavy (non-hydrogen) atoms. The highest BCUT2D eigenvalue weighted by atomic mass is 32.2. The van der Waals surface area contributed by atoms with Gasteiger partial charge in [-0.3, -0.25) is 4.79 Å². The Morgan fingerprint density at radius 3 is 2.75 bits per heavy atom. The first kappa shape index (κ1) is 16.3. The Morgan fingerprint density at radius 2 is 2.08 bits per heavy atom. The number of carbonyl (C=O) groups excluding carboxylic acids is 1. The Morgan fingerprint density at radius 1 is 1.29 bits per heavy atom. The molecule has 8 heteroatoms. The Labute approximate surface area is 143 Å². The predicted octanol–water partition coefficient (Wildman–Crippen LogP) is 2.81. The third kappa shape index (κ3) is 3.05. The number of aryl methyl sites for hydroxylation is 1. The monoisotopic (exact) mass is 343 g/mol. The summed E-state index contributed by atoms with van der Waals surface area (Å²) in [4.78, 5) is 13.0. The molecule has 124 valence electrons. The number of nitrogens with zero attached hydrogens (tertiary/aromatic N) is 4. The first-order valence-electron chi connectivity index (χ1n) is 7.43. The molecule has 0 aliphatic rings. The van der Waals surface area contributed by atoms with Crippen molar-refractivity contribution in [3.8, 4) is 5.75 Å². The van der Waals surface area contributed by atoms with Gasteiger partial charge in [0.15, 0.2) is 0 Å². The normalized spacial score (nSPS) is 11.2. The second kappa shape index (κ2) is 6.48. The second-order valence-electron chi connectivity index (χ2n) is 5.64. The second-order valence-corrected chi connectivity index (χ2v) is 6.65. The smallest absolute Gasteiger partial charge is 0.226 e. The van der Waals surface area contributed by atoms with Gasteiger partial charge in [-0.2, -0.15) is 0 Å². The molecule has 0 aliphatic heterocycles. The zero-order valence-electron chi connectivity index (χ0n) is 13.5. The number of amides is 1. The molecule has 0 fully saturated rings. The Bertz CT molecular complexity index is 907. The van der Waals surface area contributed by atoms with E-state index in [-0.39, 0.29) is 17.6 Å². The summed E-state index contributed by atoms with van der Waals surface area (Å²) in [5.41, 5.74) is 0.653. The van der Waals surface area contributed by atoms with E-state index in [0.29, 0.717) is 16.2 Å². The molecule has 0 saturated heterocycles. The number of aromatic nitrogens is 4. The van der Waals surface area contributed by atoms with E-state index >= 15 is 0 Å². The molecule has 0 atom stereocenters. The maximum absolute atomic E-state index is 12.1. The third-order valence-corrected chi connectivity index (χ3v) is 4.63. The van der Waals surface area contributed by atoms with Crippen LogP contribution in [0, 0.1) is 5.92 Å². The lowest BCUT2D eigenvalue weighted by Gasteiger charge is -2.14. The maximum atomic E-state index is 12.1. The lowest BCUT2D eigenvalue weighted by atomic mass is 10.1. The van der Waals surface area contributed by atoms with E-state index in [4.69, 9.17) is 0 Å². The minimum atomic E-state index is -0.142. The minimum Gasteiger partial charge on any atom is -0.507 e. The third-order valence-electron chi connectivity index (χ3n) is 3.54. The molecule has 1 amide bonds. The Balaban J connectivity index is 2.13. The van der Waals surface area contributed by atoms with Gasteiger partial charge < -0.3 is 10.4 Å². The molecule has 0 saturated carbocycles. The number of phenols is 1. The van der Waals surface area contributed by atoms with Gasteiger partial charge in [-0.15, -0.1) is 5.10 Å². The molecule has 0 spiro atoms. The number of phenolic OH excluding ortho intramolecular Hbond substituents is 1. The Hall–Kier alpha value is -2.61. The van der Waals surface area contributed by atoms with Crippen LogP contribution in [-0.4, -0.2) is 31.2 Å². The van der Waals surface area contributed by atoms with Crippen LogP contribution in [0.5, 0.6) is 5.75 Å². The van der Waals surface area contributed by atoms with Gasteiger partial charge in [0.05, 0.1) is 0 Å². The lowest BCUT2D eigenvalue weighted by molar-refractivity contribution is -0.118. The first-order valence-corrected chi connectivity index (χ1v) is 8.24. The largest absolute Gasteiger partial charge is 0.507 e. The van der Waals surface area contributed by atoms with E-state index in [0.717, 1.165) is 10.3 Å². The zero-order valence-corrected chi connectivity index (χ0v) is 14.3. The van der Waals surface area contributed by atoms with Gasteiger partial charge in [-0.1, -0.05) is 26.0 Å². The first-order chi connectivity index (χ1) is 11.5. The standard InChI is InChI=1S/C16H17N5O2S/c1-9(2)15(23)17-11-6-4-5-10-12(22)7-8-13(14(10)11)24-16-18-19-20-21(16)3/h4-9,22H,1-3H3,(H,17,23). The SMILES string of the molecule is CC(C)C(=O)Nc1cccc2c(O)ccc(Sc3nnnn3C)c12. The summed E-state index contributed by atoms with van der Waals surface area (Å²) in [6.45, 7) is 3.66. The van der Waals surface area contributed by atoms with Crippen LogP contribution in [0.1, 0.15) is 13.8 Å². The average molecular weight is 343 g/mol. The van der Waals surface area contributed by atoms with Crippen molar-refractivity contribution in [3.63, 3.8) is 0 Å². The summed E-state index contributed by atoms with van der Waals surface area (Å²) in [7, 11) is 1.76. The van der Waals surface area contributed by atoms with Crippen molar-refractivity contribution in [1.29, 1.82) is 0 Å². The van der Waals surface area contributed by atoms with Gasteiger partial charge >= 0.3 is 0 Å². The van der Waals surface area contributed by atoms with Gasteiger partial charge in [0.1, 0.15) is 5.75 Å². The molecule has 0 bridgehead atoms. The number of carbonyl (C=O) groups is 1. The van der Waals surface area contributed by atoms with Crippen molar-refractivity contribution in [3.05, 3.63) is 30.3 Å². The summed E-state index contributed by atoms with van der Waals surface area (Å²) < 4.78 is 1.57. The molecule has 3 rings (SSSR count). The van der Waals surface area contributed by atoms with Crippen LogP contribution in [-0.2, 0) is 11.8 Å². The van der Waals surface area contributed by atoms with Crippen molar-refractivity contribution in [2.24, 2.45) is 13.0 Å². The number of fused-ring (bicyclic) bond motifs is 1. The van der Waals surface area contributed by atoms with E-state index in [1.54, 1.807) is 29.9 Å². The maximum Gasteiger partial charge on any atom is 0.226 e. The molecular weight excluding hydrogens is 326 g/mol. The van der Waals surface area contributed by atoms with E-state index in [1.165, 1.54) is 11.8 Å². The highest BCUT2D eigenvalue weighted by Crippen LogP contribution is 2.40. The number of aromatic hydroxyl groups is 1. The van der Waals surface area contributed by atoms with E-state index in [9.17, 15) is 9.90 Å². The van der Waals surface area contributed by atoms with Crippen molar-refractivity contribution in [2.75, 3.05) is 5.32 Å². The summed E-state index contributed by atoms with van der Waals surface area (Å²) >= 11 is 1.37.